The first kappa shape index (κ1) is 26.5. The molecule has 0 spiro atoms. The third-order valence-corrected chi connectivity index (χ3v) is 6.62. The van der Waals surface area contributed by atoms with E-state index in [-0.39, 0.29) is 5.91 Å². The van der Waals surface area contributed by atoms with E-state index in [0.717, 1.165) is 56.2 Å². The highest BCUT2D eigenvalue weighted by Crippen LogP contribution is 2.29. The van der Waals surface area contributed by atoms with Crippen LogP contribution in [-0.2, 0) is 0 Å². The van der Waals surface area contributed by atoms with Gasteiger partial charge in [0.25, 0.3) is 5.91 Å². The van der Waals surface area contributed by atoms with E-state index in [9.17, 15) is 9.59 Å². The van der Waals surface area contributed by atoms with Crippen LogP contribution in [0.5, 0.6) is 11.5 Å². The summed E-state index contributed by atoms with van der Waals surface area (Å²) in [7, 11) is 5.86. The topological polar surface area (TPSA) is 67.9 Å². The van der Waals surface area contributed by atoms with Crippen molar-refractivity contribution >= 4 is 25.9 Å². The SMILES string of the molecule is [B]N1CCC(COc2ccc(OCCCC)c(C(=O)Nc3cc(-c4ccccc4)ccc3C=O)c2)CC1. The van der Waals surface area contributed by atoms with E-state index in [1.165, 1.54) is 0 Å². The molecule has 0 aliphatic carbocycles. The molecule has 3 aromatic carbocycles. The van der Waals surface area contributed by atoms with Gasteiger partial charge in [-0.3, -0.25) is 9.59 Å². The molecule has 0 unspecified atom stereocenters. The highest BCUT2D eigenvalue weighted by molar-refractivity contribution is 6.08. The maximum absolute atomic E-state index is 13.5. The van der Waals surface area contributed by atoms with E-state index in [2.05, 4.69) is 12.2 Å². The number of carbonyl (C=O) groups excluding carboxylic acids is 2. The Balaban J connectivity index is 1.55. The normalized spacial score (nSPS) is 14.2. The number of unbranched alkanes of at least 4 members (excludes halogenated alkanes) is 1. The molecule has 1 amide bonds. The maximum atomic E-state index is 13.5. The van der Waals surface area contributed by atoms with E-state index in [0.29, 0.717) is 47.4 Å². The first-order chi connectivity index (χ1) is 18.1. The number of aldehydes is 1. The Labute approximate surface area is 220 Å². The fraction of sp³-hybridized carbons (Fsp3) is 0.333. The number of hydrogen-bond acceptors (Lipinski definition) is 5. The van der Waals surface area contributed by atoms with Gasteiger partial charge in [0.2, 0.25) is 0 Å². The van der Waals surface area contributed by atoms with Crippen LogP contribution in [-0.4, -0.2) is 51.3 Å². The largest absolute Gasteiger partial charge is 0.493 e. The molecule has 0 atom stereocenters. The second-order valence-corrected chi connectivity index (χ2v) is 9.39. The van der Waals surface area contributed by atoms with Gasteiger partial charge in [0.05, 0.1) is 24.5 Å². The predicted octanol–water partition coefficient (Wildman–Crippen LogP) is 5.77. The predicted molar refractivity (Wildman–Crippen MR) is 148 cm³/mol. The Morgan fingerprint density at radius 2 is 1.81 bits per heavy atom. The van der Waals surface area contributed by atoms with Crippen molar-refractivity contribution in [3.8, 4) is 22.6 Å². The number of hydrogen-bond donors (Lipinski definition) is 1. The average Bonchev–Trinajstić information content (AvgIpc) is 2.93. The number of ether oxygens (including phenoxy) is 2. The highest BCUT2D eigenvalue weighted by atomic mass is 16.5. The van der Waals surface area contributed by atoms with Crippen molar-refractivity contribution in [2.45, 2.75) is 32.6 Å². The molecule has 0 aromatic heterocycles. The molecule has 1 aliphatic heterocycles. The van der Waals surface area contributed by atoms with Crippen molar-refractivity contribution in [2.75, 3.05) is 31.6 Å². The minimum Gasteiger partial charge on any atom is -0.493 e. The summed E-state index contributed by atoms with van der Waals surface area (Å²) in [6.45, 7) is 4.88. The van der Waals surface area contributed by atoms with Gasteiger partial charge in [0.1, 0.15) is 11.5 Å². The van der Waals surface area contributed by atoms with Crippen LogP contribution in [0.3, 0.4) is 0 Å². The smallest absolute Gasteiger partial charge is 0.259 e. The number of amides is 1. The molecule has 1 aliphatic rings. The Bertz CT molecular complexity index is 1190. The van der Waals surface area contributed by atoms with Gasteiger partial charge in [-0.05, 0) is 79.7 Å². The van der Waals surface area contributed by atoms with Gasteiger partial charge in [-0.25, -0.2) is 0 Å². The van der Waals surface area contributed by atoms with E-state index in [4.69, 9.17) is 17.5 Å². The lowest BCUT2D eigenvalue weighted by atomic mass is 9.96. The molecule has 1 fully saturated rings. The second kappa shape index (κ2) is 13.1. The van der Waals surface area contributed by atoms with E-state index in [1.807, 2.05) is 53.3 Å². The molecular weight excluding hydrogens is 463 g/mol. The molecule has 6 nitrogen and oxygen atoms in total. The van der Waals surface area contributed by atoms with Crippen LogP contribution < -0.4 is 14.8 Å². The first-order valence-corrected chi connectivity index (χ1v) is 12.9. The number of nitrogens with one attached hydrogen (secondary N) is 1. The first-order valence-electron chi connectivity index (χ1n) is 12.9. The van der Waals surface area contributed by atoms with E-state index in [1.54, 1.807) is 18.2 Å². The lowest BCUT2D eigenvalue weighted by molar-refractivity contribution is 0.102. The zero-order valence-corrected chi connectivity index (χ0v) is 21.3. The zero-order chi connectivity index (χ0) is 26.0. The quantitative estimate of drug-likeness (QED) is 0.207. The van der Waals surface area contributed by atoms with Crippen molar-refractivity contribution in [3.05, 3.63) is 77.9 Å². The van der Waals surface area contributed by atoms with Crippen LogP contribution in [0.1, 0.15) is 53.3 Å². The third kappa shape index (κ3) is 7.23. The molecule has 4 rings (SSSR count). The lowest BCUT2D eigenvalue weighted by Crippen LogP contribution is -2.33. The van der Waals surface area contributed by atoms with Crippen molar-refractivity contribution in [1.82, 2.24) is 4.81 Å². The molecule has 37 heavy (non-hydrogen) atoms. The van der Waals surface area contributed by atoms with Gasteiger partial charge in [-0.1, -0.05) is 49.7 Å². The van der Waals surface area contributed by atoms with Gasteiger partial charge in [-0.15, -0.1) is 0 Å². The molecule has 1 N–H and O–H groups in total. The maximum Gasteiger partial charge on any atom is 0.259 e. The van der Waals surface area contributed by atoms with Gasteiger partial charge in [-0.2, -0.15) is 0 Å². The fourth-order valence-electron chi connectivity index (χ4n) is 4.33. The molecule has 0 bridgehead atoms. The van der Waals surface area contributed by atoms with Gasteiger partial charge >= 0.3 is 0 Å². The number of anilines is 1. The molecule has 3 aromatic rings. The summed E-state index contributed by atoms with van der Waals surface area (Å²) >= 11 is 0. The average molecular weight is 496 g/mol. The van der Waals surface area contributed by atoms with Crippen molar-refractivity contribution in [1.29, 1.82) is 0 Å². The number of piperidine rings is 1. The Hall–Kier alpha value is -3.58. The summed E-state index contributed by atoms with van der Waals surface area (Å²) in [4.78, 5) is 27.1. The lowest BCUT2D eigenvalue weighted by Gasteiger charge is -2.29. The minimum absolute atomic E-state index is 0.360. The number of rotatable bonds is 11. The highest BCUT2D eigenvalue weighted by Gasteiger charge is 2.19. The molecule has 190 valence electrons. The van der Waals surface area contributed by atoms with Crippen LogP contribution in [0.25, 0.3) is 11.1 Å². The summed E-state index contributed by atoms with van der Waals surface area (Å²) < 4.78 is 12.0. The Kier molecular flexibility index (Phi) is 9.38. The monoisotopic (exact) mass is 496 g/mol. The van der Waals surface area contributed by atoms with Gasteiger partial charge in [0, 0.05) is 5.56 Å². The summed E-state index contributed by atoms with van der Waals surface area (Å²) in [5.41, 5.74) is 3.12. The van der Waals surface area contributed by atoms with Crippen LogP contribution in [0.4, 0.5) is 5.69 Å². The standard InChI is InChI=1S/C30H33BN2O4/c1-2-3-17-36-29-12-11-26(37-21-22-13-15-33(31)16-14-22)19-27(29)30(35)32-28-18-24(9-10-25(28)20-34)23-7-5-4-6-8-23/h4-12,18-20,22H,2-3,13-17,21H2,1H3,(H,32,35). The van der Waals surface area contributed by atoms with Crippen molar-refractivity contribution in [2.24, 2.45) is 5.92 Å². The van der Waals surface area contributed by atoms with Crippen molar-refractivity contribution in [3.63, 3.8) is 0 Å². The fourth-order valence-corrected chi connectivity index (χ4v) is 4.33. The van der Waals surface area contributed by atoms with Crippen molar-refractivity contribution < 1.29 is 19.1 Å². The second-order valence-electron chi connectivity index (χ2n) is 9.39. The number of carbonyl (C=O) groups is 2. The number of benzene rings is 3. The number of nitrogens with zero attached hydrogens (tertiary/aromatic N) is 1. The van der Waals surface area contributed by atoms with Crippen LogP contribution in [0, 0.1) is 5.92 Å². The minimum atomic E-state index is -0.360. The van der Waals surface area contributed by atoms with Crippen LogP contribution >= 0.6 is 0 Å². The van der Waals surface area contributed by atoms with E-state index >= 15 is 0 Å². The van der Waals surface area contributed by atoms with Crippen LogP contribution in [0.15, 0.2) is 66.7 Å². The molecule has 1 heterocycles. The zero-order valence-electron chi connectivity index (χ0n) is 21.3. The Morgan fingerprint density at radius 1 is 1.03 bits per heavy atom. The van der Waals surface area contributed by atoms with E-state index < -0.39 is 0 Å². The van der Waals surface area contributed by atoms with Gasteiger partial charge < -0.3 is 19.6 Å². The van der Waals surface area contributed by atoms with Crippen LogP contribution in [0.2, 0.25) is 0 Å². The molecule has 0 saturated carbocycles. The molecule has 1 saturated heterocycles. The summed E-state index contributed by atoms with van der Waals surface area (Å²) in [6.07, 6.45) is 4.57. The molecule has 2 radical (unpaired) electrons. The van der Waals surface area contributed by atoms with Gasteiger partial charge in [0.15, 0.2) is 14.3 Å². The summed E-state index contributed by atoms with van der Waals surface area (Å²) in [5, 5.41) is 2.93. The molecule has 7 heteroatoms. The Morgan fingerprint density at radius 3 is 2.54 bits per heavy atom. The summed E-state index contributed by atoms with van der Waals surface area (Å²) in [5.74, 6) is 1.16. The third-order valence-electron chi connectivity index (χ3n) is 6.62. The summed E-state index contributed by atoms with van der Waals surface area (Å²) in [6, 6.07) is 20.6. The molecular formula is C30H33BN2O4.